The number of nitrogens with one attached hydrogen (secondary N) is 1. The van der Waals surface area contributed by atoms with Crippen LogP contribution in [0.25, 0.3) is 0 Å². The topological polar surface area (TPSA) is 101 Å². The van der Waals surface area contributed by atoms with Crippen molar-refractivity contribution in [1.82, 2.24) is 5.32 Å². The van der Waals surface area contributed by atoms with Gasteiger partial charge in [-0.05, 0) is 24.1 Å². The maximum absolute atomic E-state index is 12.9. The van der Waals surface area contributed by atoms with E-state index in [-0.39, 0.29) is 5.75 Å². The molecule has 0 aliphatic heterocycles. The molecule has 0 spiro atoms. The molecule has 1 aromatic carbocycles. The number of benzene rings is 1. The van der Waals surface area contributed by atoms with Crippen molar-refractivity contribution in [3.63, 3.8) is 0 Å². The van der Waals surface area contributed by atoms with Gasteiger partial charge in [0.25, 0.3) is 0 Å². The first-order valence-corrected chi connectivity index (χ1v) is 8.52. The molecule has 0 radical (unpaired) electrons. The highest BCUT2D eigenvalue weighted by Gasteiger charge is 2.21. The number of carbonyl (C=O) groups is 2. The third kappa shape index (κ3) is 6.21. The van der Waals surface area contributed by atoms with Gasteiger partial charge < -0.3 is 10.4 Å². The van der Waals surface area contributed by atoms with E-state index in [9.17, 15) is 22.4 Å². The number of hydrogen-bond acceptors (Lipinski definition) is 4. The molecule has 1 unspecified atom stereocenters. The number of halogens is 1. The summed E-state index contributed by atoms with van der Waals surface area (Å²) in [6, 6.07) is 4.07. The Kier molecular flexibility index (Phi) is 6.48. The molecule has 1 amide bonds. The Hall–Kier alpha value is -1.96. The Balaban J connectivity index is 2.83. The molecule has 0 fully saturated rings. The minimum Gasteiger partial charge on any atom is -0.481 e. The van der Waals surface area contributed by atoms with Crippen molar-refractivity contribution in [3.8, 4) is 0 Å². The lowest BCUT2D eigenvalue weighted by molar-refractivity contribution is -0.137. The number of aliphatic carboxylic acids is 1. The highest BCUT2D eigenvalue weighted by atomic mass is 32.2. The van der Waals surface area contributed by atoms with Gasteiger partial charge in [0.15, 0.2) is 9.84 Å². The Morgan fingerprint density at radius 2 is 1.86 bits per heavy atom. The zero-order chi connectivity index (χ0) is 16.8. The second-order valence-electron chi connectivity index (χ2n) is 4.86. The number of sulfone groups is 1. The van der Waals surface area contributed by atoms with Gasteiger partial charge >= 0.3 is 5.97 Å². The summed E-state index contributed by atoms with van der Waals surface area (Å²) in [5.41, 5.74) is 0.394. The van der Waals surface area contributed by atoms with Crippen molar-refractivity contribution in [1.29, 1.82) is 0 Å². The van der Waals surface area contributed by atoms with E-state index in [1.165, 1.54) is 12.1 Å². The fourth-order valence-electron chi connectivity index (χ4n) is 1.94. The molecule has 1 atom stereocenters. The van der Waals surface area contributed by atoms with Crippen molar-refractivity contribution < 1.29 is 27.5 Å². The van der Waals surface area contributed by atoms with Crippen molar-refractivity contribution in [3.05, 3.63) is 35.6 Å². The number of amides is 1. The third-order valence-electron chi connectivity index (χ3n) is 2.85. The van der Waals surface area contributed by atoms with Crippen LogP contribution in [0.2, 0.25) is 0 Å². The largest absolute Gasteiger partial charge is 0.481 e. The fourth-order valence-corrected chi connectivity index (χ4v) is 3.19. The van der Waals surface area contributed by atoms with Gasteiger partial charge in [0.2, 0.25) is 5.91 Å². The van der Waals surface area contributed by atoms with Gasteiger partial charge in [0.05, 0.1) is 18.2 Å². The van der Waals surface area contributed by atoms with Crippen LogP contribution in [0, 0.1) is 5.82 Å². The molecule has 122 valence electrons. The van der Waals surface area contributed by atoms with Crippen molar-refractivity contribution in [2.24, 2.45) is 0 Å². The van der Waals surface area contributed by atoms with Crippen LogP contribution in [0.1, 0.15) is 31.4 Å². The Morgan fingerprint density at radius 1 is 1.27 bits per heavy atom. The van der Waals surface area contributed by atoms with Gasteiger partial charge in [-0.2, -0.15) is 0 Å². The highest BCUT2D eigenvalue weighted by molar-refractivity contribution is 7.92. The molecule has 1 rings (SSSR count). The normalized spacial score (nSPS) is 12.6. The van der Waals surface area contributed by atoms with E-state index in [2.05, 4.69) is 5.32 Å². The first-order chi connectivity index (χ1) is 10.2. The van der Waals surface area contributed by atoms with Crippen LogP contribution in [0.15, 0.2) is 24.3 Å². The first kappa shape index (κ1) is 18.1. The minimum absolute atomic E-state index is 0.111. The Labute approximate surface area is 128 Å². The number of rotatable bonds is 8. The summed E-state index contributed by atoms with van der Waals surface area (Å²) in [6.07, 6.45) is -0.0304. The second-order valence-corrected chi connectivity index (χ2v) is 7.05. The van der Waals surface area contributed by atoms with E-state index in [0.717, 1.165) is 12.1 Å². The molecule has 0 aliphatic rings. The average molecular weight is 331 g/mol. The van der Waals surface area contributed by atoms with E-state index < -0.39 is 45.7 Å². The van der Waals surface area contributed by atoms with Gasteiger partial charge in [-0.15, -0.1) is 0 Å². The molecule has 8 heteroatoms. The molecule has 6 nitrogen and oxygen atoms in total. The van der Waals surface area contributed by atoms with Crippen molar-refractivity contribution in [2.75, 3.05) is 11.5 Å². The predicted octanol–water partition coefficient (Wildman–Crippen LogP) is 1.28. The standard InChI is InChI=1S/C14H18FNO5S/c1-2-7-22(20,21)9-13(17)16-12(8-14(18)19)10-3-5-11(15)6-4-10/h3-6,12H,2,7-9H2,1H3,(H,16,17)(H,18,19). The summed E-state index contributed by atoms with van der Waals surface area (Å²) in [6.45, 7) is 1.68. The molecule has 0 saturated carbocycles. The number of carboxylic acid groups (broad SMARTS) is 1. The molecule has 0 heterocycles. The van der Waals surface area contributed by atoms with Crippen molar-refractivity contribution >= 4 is 21.7 Å². The van der Waals surface area contributed by atoms with Gasteiger partial charge in [-0.25, -0.2) is 12.8 Å². The summed E-state index contributed by atoms with van der Waals surface area (Å²) in [4.78, 5) is 22.7. The maximum Gasteiger partial charge on any atom is 0.305 e. The van der Waals surface area contributed by atoms with E-state index >= 15 is 0 Å². The Morgan fingerprint density at radius 3 is 2.36 bits per heavy atom. The maximum atomic E-state index is 12.9. The van der Waals surface area contributed by atoms with Crippen LogP contribution in [-0.2, 0) is 19.4 Å². The van der Waals surface area contributed by atoms with Crippen molar-refractivity contribution in [2.45, 2.75) is 25.8 Å². The Bertz CT molecular complexity index is 627. The molecular weight excluding hydrogens is 313 g/mol. The predicted molar refractivity (Wildman–Crippen MR) is 78.5 cm³/mol. The van der Waals surface area contributed by atoms with Gasteiger partial charge in [0, 0.05) is 0 Å². The molecule has 1 aromatic rings. The summed E-state index contributed by atoms with van der Waals surface area (Å²) in [5.74, 6) is -3.23. The summed E-state index contributed by atoms with van der Waals surface area (Å²) < 4.78 is 36.1. The fraction of sp³-hybridized carbons (Fsp3) is 0.429. The zero-order valence-electron chi connectivity index (χ0n) is 12.1. The molecule has 2 N–H and O–H groups in total. The lowest BCUT2D eigenvalue weighted by Gasteiger charge is -2.17. The molecule has 0 aliphatic carbocycles. The average Bonchev–Trinajstić information content (AvgIpc) is 2.37. The summed E-state index contributed by atoms with van der Waals surface area (Å²) in [5, 5.41) is 11.3. The lowest BCUT2D eigenvalue weighted by atomic mass is 10.0. The second kappa shape index (κ2) is 7.88. The molecule has 0 aromatic heterocycles. The van der Waals surface area contributed by atoms with Crippen LogP contribution in [0.3, 0.4) is 0 Å². The smallest absolute Gasteiger partial charge is 0.305 e. The first-order valence-electron chi connectivity index (χ1n) is 6.70. The lowest BCUT2D eigenvalue weighted by Crippen LogP contribution is -2.35. The van der Waals surface area contributed by atoms with Crippen LogP contribution < -0.4 is 5.32 Å². The van der Waals surface area contributed by atoms with Gasteiger partial charge in [-0.3, -0.25) is 9.59 Å². The van der Waals surface area contributed by atoms with E-state index in [0.29, 0.717) is 12.0 Å². The van der Waals surface area contributed by atoms with Gasteiger partial charge in [-0.1, -0.05) is 19.1 Å². The number of hydrogen-bond donors (Lipinski definition) is 2. The third-order valence-corrected chi connectivity index (χ3v) is 4.58. The monoisotopic (exact) mass is 331 g/mol. The zero-order valence-corrected chi connectivity index (χ0v) is 12.9. The minimum atomic E-state index is -3.51. The molecular formula is C14H18FNO5S. The van der Waals surface area contributed by atoms with Gasteiger partial charge in [0.1, 0.15) is 11.6 Å². The number of carboxylic acids is 1. The highest BCUT2D eigenvalue weighted by Crippen LogP contribution is 2.17. The molecule has 0 saturated heterocycles. The van der Waals surface area contributed by atoms with E-state index in [1.54, 1.807) is 6.92 Å². The number of carbonyl (C=O) groups excluding carboxylic acids is 1. The quantitative estimate of drug-likeness (QED) is 0.747. The van der Waals surface area contributed by atoms with Crippen LogP contribution in [0.4, 0.5) is 4.39 Å². The van der Waals surface area contributed by atoms with Crippen LogP contribution in [-0.4, -0.2) is 36.9 Å². The molecule has 0 bridgehead atoms. The van der Waals surface area contributed by atoms with Crippen LogP contribution in [0.5, 0.6) is 0 Å². The summed E-state index contributed by atoms with van der Waals surface area (Å²) in [7, 11) is -3.51. The SMILES string of the molecule is CCCS(=O)(=O)CC(=O)NC(CC(=O)O)c1ccc(F)cc1. The summed E-state index contributed by atoms with van der Waals surface area (Å²) >= 11 is 0. The van der Waals surface area contributed by atoms with E-state index in [1.807, 2.05) is 0 Å². The van der Waals surface area contributed by atoms with E-state index in [4.69, 9.17) is 5.11 Å². The molecule has 22 heavy (non-hydrogen) atoms. The van der Waals surface area contributed by atoms with Crippen LogP contribution >= 0.6 is 0 Å².